The van der Waals surface area contributed by atoms with Crippen molar-refractivity contribution in [1.82, 2.24) is 9.80 Å². The van der Waals surface area contributed by atoms with E-state index in [2.05, 4.69) is 31.2 Å². The summed E-state index contributed by atoms with van der Waals surface area (Å²) in [5.41, 5.74) is 2.36. The van der Waals surface area contributed by atoms with Gasteiger partial charge in [-0.2, -0.15) is 0 Å². The molecule has 2 atom stereocenters. The molecule has 126 valence electrons. The van der Waals surface area contributed by atoms with Crippen molar-refractivity contribution >= 4 is 23.6 Å². The van der Waals surface area contributed by atoms with Gasteiger partial charge in [0, 0.05) is 26.1 Å². The zero-order chi connectivity index (χ0) is 17.1. The van der Waals surface area contributed by atoms with Gasteiger partial charge in [-0.25, -0.2) is 0 Å². The lowest BCUT2D eigenvalue weighted by molar-refractivity contribution is -0.135. The minimum Gasteiger partial charge on any atom is -0.344 e. The second-order valence-corrected chi connectivity index (χ2v) is 7.91. The first kappa shape index (κ1) is 17.9. The number of hydrogen-bond acceptors (Lipinski definition) is 3. The molecule has 0 N–H and O–H groups in total. The molecule has 2 rings (SSSR count). The topological polar surface area (TPSA) is 40.6 Å². The van der Waals surface area contributed by atoms with Crippen LogP contribution in [0.4, 0.5) is 0 Å². The first-order chi connectivity index (χ1) is 10.8. The summed E-state index contributed by atoms with van der Waals surface area (Å²) in [7, 11) is 1.81. The van der Waals surface area contributed by atoms with E-state index >= 15 is 0 Å². The second-order valence-electron chi connectivity index (χ2n) is 6.49. The monoisotopic (exact) mass is 334 g/mol. The largest absolute Gasteiger partial charge is 0.344 e. The zero-order valence-corrected chi connectivity index (χ0v) is 15.4. The molecule has 0 spiro atoms. The molecular formula is C18H26N2O2S. The van der Waals surface area contributed by atoms with E-state index in [1.54, 1.807) is 23.7 Å². The Morgan fingerprint density at radius 2 is 1.91 bits per heavy atom. The van der Waals surface area contributed by atoms with Gasteiger partial charge in [0.1, 0.15) is 5.37 Å². The van der Waals surface area contributed by atoms with Crippen molar-refractivity contribution in [3.05, 3.63) is 35.4 Å². The predicted molar refractivity (Wildman–Crippen MR) is 95.2 cm³/mol. The van der Waals surface area contributed by atoms with Gasteiger partial charge in [-0.1, -0.05) is 43.7 Å². The number of carbonyl (C=O) groups is 2. The maximum absolute atomic E-state index is 12.5. The van der Waals surface area contributed by atoms with Crippen LogP contribution in [-0.2, 0) is 9.59 Å². The number of nitrogens with zero attached hydrogens (tertiary/aromatic N) is 2. The average molecular weight is 334 g/mol. The van der Waals surface area contributed by atoms with Crippen LogP contribution >= 0.6 is 11.8 Å². The Bertz CT molecular complexity index is 571. The smallest absolute Gasteiger partial charge is 0.236 e. The Kier molecular flexibility index (Phi) is 5.74. The van der Waals surface area contributed by atoms with E-state index in [1.807, 2.05) is 25.7 Å². The quantitative estimate of drug-likeness (QED) is 0.831. The van der Waals surface area contributed by atoms with E-state index in [1.165, 1.54) is 5.56 Å². The van der Waals surface area contributed by atoms with E-state index in [4.69, 9.17) is 0 Å². The van der Waals surface area contributed by atoms with Crippen molar-refractivity contribution in [3.63, 3.8) is 0 Å². The van der Waals surface area contributed by atoms with Crippen molar-refractivity contribution in [2.45, 2.75) is 38.3 Å². The fraction of sp³-hybridized carbons (Fsp3) is 0.556. The number of benzene rings is 1. The summed E-state index contributed by atoms with van der Waals surface area (Å²) in [6.45, 7) is 8.95. The van der Waals surface area contributed by atoms with Crippen LogP contribution in [-0.4, -0.2) is 47.0 Å². The van der Waals surface area contributed by atoms with E-state index in [9.17, 15) is 9.59 Å². The van der Waals surface area contributed by atoms with Crippen LogP contribution < -0.4 is 0 Å². The summed E-state index contributed by atoms with van der Waals surface area (Å²) in [4.78, 5) is 28.1. The Balaban J connectivity index is 2.09. The Labute approximate surface area is 143 Å². The molecule has 0 aliphatic carbocycles. The van der Waals surface area contributed by atoms with Crippen LogP contribution in [0.25, 0.3) is 0 Å². The number of thioether (sulfide) groups is 1. The summed E-state index contributed by atoms with van der Waals surface area (Å²) < 4.78 is 0. The molecule has 2 amide bonds. The van der Waals surface area contributed by atoms with Crippen LogP contribution in [0.3, 0.4) is 0 Å². The van der Waals surface area contributed by atoms with Crippen LogP contribution in [0.5, 0.6) is 0 Å². The zero-order valence-electron chi connectivity index (χ0n) is 14.6. The van der Waals surface area contributed by atoms with Crippen LogP contribution in [0.2, 0.25) is 0 Å². The highest BCUT2D eigenvalue weighted by molar-refractivity contribution is 8.01. The molecule has 1 aliphatic rings. The molecule has 1 heterocycles. The average Bonchev–Trinajstić information content (AvgIpc) is 2.80. The SMILES string of the molecule is Cc1ccc([C@@H]2S[C@H](C)C(=O)N2CCN(C)C(=O)C(C)C)cc1. The third-order valence-corrected chi connectivity index (χ3v) is 5.55. The summed E-state index contributed by atoms with van der Waals surface area (Å²) >= 11 is 1.68. The minimum absolute atomic E-state index is 0.0181. The molecule has 0 unspecified atom stereocenters. The number of hydrogen-bond donors (Lipinski definition) is 0. The lowest BCUT2D eigenvalue weighted by atomic mass is 10.1. The van der Waals surface area contributed by atoms with E-state index in [0.29, 0.717) is 13.1 Å². The molecule has 0 aromatic heterocycles. The van der Waals surface area contributed by atoms with Crippen molar-refractivity contribution in [3.8, 4) is 0 Å². The molecule has 0 radical (unpaired) electrons. The van der Waals surface area contributed by atoms with E-state index in [-0.39, 0.29) is 28.4 Å². The molecule has 1 aliphatic heterocycles. The normalized spacial score (nSPS) is 21.1. The molecule has 1 aromatic carbocycles. The maximum Gasteiger partial charge on any atom is 0.236 e. The van der Waals surface area contributed by atoms with Gasteiger partial charge in [0.15, 0.2) is 0 Å². The summed E-state index contributed by atoms with van der Waals surface area (Å²) in [6, 6.07) is 8.34. The summed E-state index contributed by atoms with van der Waals surface area (Å²) in [5.74, 6) is 0.255. The molecule has 5 heteroatoms. The van der Waals surface area contributed by atoms with Gasteiger partial charge in [-0.3, -0.25) is 9.59 Å². The fourth-order valence-electron chi connectivity index (χ4n) is 2.70. The van der Waals surface area contributed by atoms with Gasteiger partial charge in [0.25, 0.3) is 0 Å². The molecule has 0 saturated carbocycles. The number of likely N-dealkylation sites (N-methyl/N-ethyl adjacent to an activating group) is 1. The van der Waals surface area contributed by atoms with E-state index in [0.717, 1.165) is 5.56 Å². The van der Waals surface area contributed by atoms with Gasteiger partial charge >= 0.3 is 0 Å². The first-order valence-electron chi connectivity index (χ1n) is 8.08. The van der Waals surface area contributed by atoms with Gasteiger partial charge in [0.05, 0.1) is 5.25 Å². The Morgan fingerprint density at radius 3 is 2.48 bits per heavy atom. The predicted octanol–water partition coefficient (Wildman–Crippen LogP) is 3.07. The number of carbonyl (C=O) groups excluding carboxylic acids is 2. The number of aryl methyl sites for hydroxylation is 1. The van der Waals surface area contributed by atoms with Crippen molar-refractivity contribution < 1.29 is 9.59 Å². The molecule has 4 nitrogen and oxygen atoms in total. The minimum atomic E-state index is -0.0348. The lowest BCUT2D eigenvalue weighted by Crippen LogP contribution is -2.40. The molecule has 1 aromatic rings. The second kappa shape index (κ2) is 7.39. The highest BCUT2D eigenvalue weighted by Gasteiger charge is 2.38. The molecule has 1 saturated heterocycles. The highest BCUT2D eigenvalue weighted by atomic mass is 32.2. The first-order valence-corrected chi connectivity index (χ1v) is 9.03. The van der Waals surface area contributed by atoms with Gasteiger partial charge < -0.3 is 9.80 Å². The third-order valence-electron chi connectivity index (χ3n) is 4.16. The molecule has 0 bridgehead atoms. The molecule has 1 fully saturated rings. The van der Waals surface area contributed by atoms with Crippen molar-refractivity contribution in [2.24, 2.45) is 5.92 Å². The summed E-state index contributed by atoms with van der Waals surface area (Å²) in [6.07, 6.45) is 0. The Morgan fingerprint density at radius 1 is 1.30 bits per heavy atom. The van der Waals surface area contributed by atoms with Crippen LogP contribution in [0.1, 0.15) is 37.3 Å². The Hall–Kier alpha value is -1.49. The van der Waals surface area contributed by atoms with Gasteiger partial charge in [-0.15, -0.1) is 11.8 Å². The summed E-state index contributed by atoms with van der Waals surface area (Å²) in [5, 5.41) is 0.00746. The third kappa shape index (κ3) is 4.08. The molecule has 23 heavy (non-hydrogen) atoms. The van der Waals surface area contributed by atoms with Crippen molar-refractivity contribution in [1.29, 1.82) is 0 Å². The highest BCUT2D eigenvalue weighted by Crippen LogP contribution is 2.42. The van der Waals surface area contributed by atoms with Crippen LogP contribution in [0.15, 0.2) is 24.3 Å². The van der Waals surface area contributed by atoms with Crippen LogP contribution in [0, 0.1) is 12.8 Å². The fourth-order valence-corrected chi connectivity index (χ4v) is 4.01. The van der Waals surface area contributed by atoms with Gasteiger partial charge in [0.2, 0.25) is 11.8 Å². The number of amides is 2. The standard InChI is InChI=1S/C18H26N2O2S/c1-12(2)16(21)19(5)10-11-20-17(22)14(4)23-18(20)15-8-6-13(3)7-9-15/h6-9,12,14,18H,10-11H2,1-5H3/t14-,18+/m1/s1. The van der Waals surface area contributed by atoms with Crippen molar-refractivity contribution in [2.75, 3.05) is 20.1 Å². The molecular weight excluding hydrogens is 308 g/mol. The van der Waals surface area contributed by atoms with E-state index < -0.39 is 0 Å². The van der Waals surface area contributed by atoms with Gasteiger partial charge in [-0.05, 0) is 19.4 Å². The lowest BCUT2D eigenvalue weighted by Gasteiger charge is -2.27. The maximum atomic E-state index is 12.5. The number of rotatable bonds is 5.